The molecule has 1 aliphatic carbocycles. The maximum Gasteiger partial charge on any atom is 0.326 e. The van der Waals surface area contributed by atoms with Crippen LogP contribution in [-0.4, -0.2) is 36.2 Å². The minimum atomic E-state index is -1.06. The summed E-state index contributed by atoms with van der Waals surface area (Å²) in [5.74, 6) is -0.984. The smallest absolute Gasteiger partial charge is 0.326 e. The van der Waals surface area contributed by atoms with Gasteiger partial charge in [-0.05, 0) is 73.9 Å². The number of carbonyl (C=O) groups is 3. The molecule has 4 N–H and O–H groups in total. The maximum absolute atomic E-state index is 13.7. The van der Waals surface area contributed by atoms with Crippen LogP contribution < -0.4 is 20.7 Å². The molecule has 0 unspecified atom stereocenters. The quantitative estimate of drug-likeness (QED) is 0.236. The summed E-state index contributed by atoms with van der Waals surface area (Å²) < 4.78 is 5.53. The fraction of sp³-hybridized carbons (Fsp3) is 0.364. The Hall–Kier alpha value is -4.33. The number of para-hydroxylation sites is 1. The maximum atomic E-state index is 13.7. The van der Waals surface area contributed by atoms with Gasteiger partial charge in [-0.3, -0.25) is 4.79 Å². The van der Waals surface area contributed by atoms with Gasteiger partial charge in [-0.15, -0.1) is 0 Å². The average Bonchev–Trinajstić information content (AvgIpc) is 2.93. The van der Waals surface area contributed by atoms with E-state index in [2.05, 4.69) is 16.0 Å². The summed E-state index contributed by atoms with van der Waals surface area (Å²) in [6, 6.07) is 15.0. The fourth-order valence-corrected chi connectivity index (χ4v) is 5.93. The lowest BCUT2D eigenvalue weighted by molar-refractivity contribution is -0.143. The predicted molar refractivity (Wildman–Crippen MR) is 162 cm³/mol. The molecule has 0 spiro atoms. The molecule has 3 aromatic rings. The topological polar surface area (TPSA) is 117 Å². The first-order chi connectivity index (χ1) is 19.5. The van der Waals surface area contributed by atoms with Crippen LogP contribution in [0.25, 0.3) is 11.1 Å². The Balaban J connectivity index is 1.70. The summed E-state index contributed by atoms with van der Waals surface area (Å²) >= 11 is 0. The molecule has 8 nitrogen and oxygen atoms in total. The summed E-state index contributed by atoms with van der Waals surface area (Å²) in [5, 5.41) is 18.6. The second-order valence-corrected chi connectivity index (χ2v) is 11.3. The second-order valence-electron chi connectivity index (χ2n) is 11.3. The summed E-state index contributed by atoms with van der Waals surface area (Å²) in [6.45, 7) is 7.77. The highest BCUT2D eigenvalue weighted by molar-refractivity contribution is 6.08. The first-order valence-corrected chi connectivity index (χ1v) is 14.0. The molecule has 3 aromatic carbocycles. The van der Waals surface area contributed by atoms with E-state index in [9.17, 15) is 19.5 Å². The summed E-state index contributed by atoms with van der Waals surface area (Å²) in [6.07, 6.45) is 4.35. The molecule has 1 fully saturated rings. The van der Waals surface area contributed by atoms with Crippen LogP contribution in [0.15, 0.2) is 54.6 Å². The van der Waals surface area contributed by atoms with Crippen molar-refractivity contribution < 1.29 is 24.2 Å². The van der Waals surface area contributed by atoms with Crippen molar-refractivity contribution in [2.75, 3.05) is 17.7 Å². The van der Waals surface area contributed by atoms with Crippen molar-refractivity contribution in [2.45, 2.75) is 65.8 Å². The molecule has 0 bridgehead atoms. The predicted octanol–water partition coefficient (Wildman–Crippen LogP) is 7.08. The van der Waals surface area contributed by atoms with E-state index in [-0.39, 0.29) is 11.3 Å². The van der Waals surface area contributed by atoms with Gasteiger partial charge in [0.05, 0.1) is 18.4 Å². The highest BCUT2D eigenvalue weighted by atomic mass is 16.5. The van der Waals surface area contributed by atoms with Crippen LogP contribution in [0.1, 0.15) is 66.1 Å². The second kappa shape index (κ2) is 12.5. The summed E-state index contributed by atoms with van der Waals surface area (Å²) in [7, 11) is 1.58. The van der Waals surface area contributed by atoms with Gasteiger partial charge in [-0.2, -0.15) is 0 Å². The van der Waals surface area contributed by atoms with Crippen molar-refractivity contribution in [1.82, 2.24) is 5.32 Å². The first kappa shape index (κ1) is 29.6. The lowest BCUT2D eigenvalue weighted by Gasteiger charge is -2.38. The molecule has 3 amide bonds. The van der Waals surface area contributed by atoms with Crippen LogP contribution >= 0.6 is 0 Å². The number of urea groups is 1. The Morgan fingerprint density at radius 1 is 0.902 bits per heavy atom. The molecule has 0 radical (unpaired) electrons. The van der Waals surface area contributed by atoms with Crippen LogP contribution in [-0.2, 0) is 4.79 Å². The van der Waals surface area contributed by atoms with E-state index in [1.807, 2.05) is 64.1 Å². The Morgan fingerprint density at radius 3 is 2.20 bits per heavy atom. The fourth-order valence-electron chi connectivity index (χ4n) is 5.93. The third kappa shape index (κ3) is 6.70. The van der Waals surface area contributed by atoms with Crippen molar-refractivity contribution in [3.8, 4) is 16.9 Å². The number of benzene rings is 3. The number of ether oxygens (including phenoxy) is 1. The van der Waals surface area contributed by atoms with Crippen molar-refractivity contribution >= 4 is 29.3 Å². The third-order valence-corrected chi connectivity index (χ3v) is 8.06. The standard InChI is InChI=1S/C33H39N3O5/c1-20-17-21(2)28(22(3)18-20)35-32(40)34-26-19-23(24-11-7-8-12-27(24)41-5)13-14-25(26)30(37)36-29(31(38)39)33(4)15-9-6-10-16-33/h7-8,11-14,17-19,29H,6,9-10,15-16H2,1-5H3,(H,36,37)(H,38,39)(H2,34,35,40)/t29-/m1/s1. The van der Waals surface area contributed by atoms with Gasteiger partial charge in [0, 0.05) is 11.3 Å². The van der Waals surface area contributed by atoms with Crippen molar-refractivity contribution in [3.05, 3.63) is 76.9 Å². The average molecular weight is 558 g/mol. The number of methoxy groups -OCH3 is 1. The first-order valence-electron chi connectivity index (χ1n) is 14.0. The SMILES string of the molecule is COc1ccccc1-c1ccc(C(=O)N[C@H](C(=O)O)C2(C)CCCCC2)c(NC(=O)Nc2c(C)cc(C)cc2C)c1. The number of carbonyl (C=O) groups excluding carboxylic acids is 2. The molecule has 0 saturated heterocycles. The van der Waals surface area contributed by atoms with E-state index in [4.69, 9.17) is 4.74 Å². The van der Waals surface area contributed by atoms with E-state index < -0.39 is 29.4 Å². The van der Waals surface area contributed by atoms with Gasteiger partial charge in [0.15, 0.2) is 0 Å². The number of carboxylic acid groups (broad SMARTS) is 1. The van der Waals surface area contributed by atoms with Crippen LogP contribution in [0.2, 0.25) is 0 Å². The Bertz CT molecular complexity index is 1440. The Labute approximate surface area is 241 Å². The van der Waals surface area contributed by atoms with Crippen LogP contribution in [0, 0.1) is 26.2 Å². The molecular weight excluding hydrogens is 518 g/mol. The number of carboxylic acids is 1. The molecule has 0 aliphatic heterocycles. The van der Waals surface area contributed by atoms with Gasteiger partial charge < -0.3 is 25.8 Å². The molecule has 1 atom stereocenters. The largest absolute Gasteiger partial charge is 0.496 e. The molecule has 1 saturated carbocycles. The Morgan fingerprint density at radius 2 is 1.56 bits per heavy atom. The van der Waals surface area contributed by atoms with E-state index in [1.165, 1.54) is 0 Å². The molecule has 8 heteroatoms. The van der Waals surface area contributed by atoms with Crippen molar-refractivity contribution in [2.24, 2.45) is 5.41 Å². The third-order valence-electron chi connectivity index (χ3n) is 8.06. The van der Waals surface area contributed by atoms with E-state index >= 15 is 0 Å². The van der Waals surface area contributed by atoms with Crippen molar-refractivity contribution in [1.29, 1.82) is 0 Å². The molecule has 0 heterocycles. The van der Waals surface area contributed by atoms with Crippen LogP contribution in [0.3, 0.4) is 0 Å². The molecule has 1 aliphatic rings. The van der Waals surface area contributed by atoms with Gasteiger partial charge in [-0.1, -0.05) is 68.1 Å². The van der Waals surface area contributed by atoms with Gasteiger partial charge >= 0.3 is 12.0 Å². The molecular formula is C33H39N3O5. The zero-order chi connectivity index (χ0) is 29.7. The zero-order valence-corrected chi connectivity index (χ0v) is 24.4. The number of anilines is 2. The summed E-state index contributed by atoms with van der Waals surface area (Å²) in [4.78, 5) is 39.2. The van der Waals surface area contributed by atoms with E-state index in [1.54, 1.807) is 25.3 Å². The number of hydrogen-bond donors (Lipinski definition) is 4. The highest BCUT2D eigenvalue weighted by Crippen LogP contribution is 2.39. The Kier molecular flexibility index (Phi) is 9.01. The lowest BCUT2D eigenvalue weighted by atomic mass is 9.70. The number of amides is 3. The van der Waals surface area contributed by atoms with E-state index in [0.717, 1.165) is 59.9 Å². The number of hydrogen-bond acceptors (Lipinski definition) is 4. The van der Waals surface area contributed by atoms with Crippen LogP contribution in [0.4, 0.5) is 16.2 Å². The zero-order valence-electron chi connectivity index (χ0n) is 24.4. The van der Waals surface area contributed by atoms with Gasteiger partial charge in [0.1, 0.15) is 11.8 Å². The minimum absolute atomic E-state index is 0.168. The number of aliphatic carboxylic acids is 1. The number of rotatable bonds is 8. The highest BCUT2D eigenvalue weighted by Gasteiger charge is 2.41. The minimum Gasteiger partial charge on any atom is -0.496 e. The summed E-state index contributed by atoms with van der Waals surface area (Å²) in [5.41, 5.74) is 5.00. The molecule has 4 rings (SSSR count). The monoisotopic (exact) mass is 557 g/mol. The van der Waals surface area contributed by atoms with Crippen LogP contribution in [0.5, 0.6) is 5.75 Å². The number of aryl methyl sites for hydroxylation is 3. The van der Waals surface area contributed by atoms with Gasteiger partial charge in [0.2, 0.25) is 0 Å². The number of nitrogens with one attached hydrogen (secondary N) is 3. The van der Waals surface area contributed by atoms with Crippen molar-refractivity contribution in [3.63, 3.8) is 0 Å². The lowest BCUT2D eigenvalue weighted by Crippen LogP contribution is -2.52. The van der Waals surface area contributed by atoms with Gasteiger partial charge in [-0.25, -0.2) is 9.59 Å². The normalized spacial score (nSPS) is 15.0. The molecule has 41 heavy (non-hydrogen) atoms. The van der Waals surface area contributed by atoms with E-state index in [0.29, 0.717) is 11.4 Å². The molecule has 0 aromatic heterocycles. The molecule has 216 valence electrons. The van der Waals surface area contributed by atoms with Gasteiger partial charge in [0.25, 0.3) is 5.91 Å².